The molecule has 3 aromatic rings. The van der Waals surface area contributed by atoms with Crippen LogP contribution in [0.4, 0.5) is 14.5 Å². The molecule has 0 aliphatic heterocycles. The van der Waals surface area contributed by atoms with E-state index in [1.54, 1.807) is 12.1 Å². The lowest BCUT2D eigenvalue weighted by Crippen LogP contribution is -1.94. The van der Waals surface area contributed by atoms with Crippen LogP contribution in [0.1, 0.15) is 0 Å². The van der Waals surface area contributed by atoms with E-state index in [9.17, 15) is 8.78 Å². The van der Waals surface area contributed by atoms with Gasteiger partial charge in [-0.25, -0.2) is 8.78 Å². The van der Waals surface area contributed by atoms with Crippen molar-refractivity contribution in [1.29, 1.82) is 0 Å². The molecule has 0 aliphatic rings. The number of halogens is 3. The standard InChI is InChI=1S/C14H8BrF2N3O/c15-8-3-1-7(2-4-8)13-19-14(21-20-13)9-5-10(16)11(17)6-12(9)18/h1-6H,18H2. The molecule has 0 fully saturated rings. The van der Waals surface area contributed by atoms with E-state index < -0.39 is 11.6 Å². The van der Waals surface area contributed by atoms with E-state index in [2.05, 4.69) is 26.1 Å². The number of benzene rings is 2. The summed E-state index contributed by atoms with van der Waals surface area (Å²) in [5.41, 5.74) is 6.57. The van der Waals surface area contributed by atoms with Crippen LogP contribution >= 0.6 is 15.9 Å². The van der Waals surface area contributed by atoms with Crippen molar-refractivity contribution in [2.24, 2.45) is 0 Å². The number of anilines is 1. The summed E-state index contributed by atoms with van der Waals surface area (Å²) in [4.78, 5) is 4.15. The third kappa shape index (κ3) is 2.64. The molecule has 1 aromatic heterocycles. The predicted octanol–water partition coefficient (Wildman–Crippen LogP) is 4.03. The second-order valence-electron chi connectivity index (χ2n) is 4.28. The summed E-state index contributed by atoms with van der Waals surface area (Å²) in [6.07, 6.45) is 0. The van der Waals surface area contributed by atoms with Gasteiger partial charge in [0.2, 0.25) is 5.82 Å². The van der Waals surface area contributed by atoms with Gasteiger partial charge in [-0.1, -0.05) is 21.1 Å². The monoisotopic (exact) mass is 351 g/mol. The van der Waals surface area contributed by atoms with Crippen LogP contribution in [0.25, 0.3) is 22.8 Å². The van der Waals surface area contributed by atoms with Crippen LogP contribution in [0.3, 0.4) is 0 Å². The molecule has 1 heterocycles. The van der Waals surface area contributed by atoms with Gasteiger partial charge in [0.1, 0.15) is 0 Å². The minimum absolute atomic E-state index is 0.0277. The van der Waals surface area contributed by atoms with Gasteiger partial charge < -0.3 is 10.3 Å². The number of hydrogen-bond acceptors (Lipinski definition) is 4. The molecular weight excluding hydrogens is 344 g/mol. The Morgan fingerprint density at radius 1 is 1.05 bits per heavy atom. The lowest BCUT2D eigenvalue weighted by atomic mass is 10.1. The summed E-state index contributed by atoms with van der Waals surface area (Å²) in [5, 5.41) is 3.81. The maximum atomic E-state index is 13.3. The lowest BCUT2D eigenvalue weighted by Gasteiger charge is -2.01. The van der Waals surface area contributed by atoms with E-state index in [4.69, 9.17) is 10.3 Å². The molecule has 106 valence electrons. The highest BCUT2D eigenvalue weighted by atomic mass is 79.9. The zero-order chi connectivity index (χ0) is 15.0. The Hall–Kier alpha value is -2.28. The molecule has 3 rings (SSSR count). The van der Waals surface area contributed by atoms with Crippen molar-refractivity contribution >= 4 is 21.6 Å². The van der Waals surface area contributed by atoms with Crippen LogP contribution in [-0.4, -0.2) is 10.1 Å². The predicted molar refractivity (Wildman–Crippen MR) is 77.2 cm³/mol. The summed E-state index contributed by atoms with van der Waals surface area (Å²) < 4.78 is 32.3. The Morgan fingerprint density at radius 2 is 1.71 bits per heavy atom. The van der Waals surface area contributed by atoms with Gasteiger partial charge in [-0.2, -0.15) is 4.98 Å². The van der Waals surface area contributed by atoms with Crippen molar-refractivity contribution in [1.82, 2.24) is 10.1 Å². The van der Waals surface area contributed by atoms with Crippen molar-refractivity contribution in [3.05, 3.63) is 52.5 Å². The second-order valence-corrected chi connectivity index (χ2v) is 5.20. The van der Waals surface area contributed by atoms with Crippen molar-refractivity contribution < 1.29 is 13.3 Å². The lowest BCUT2D eigenvalue weighted by molar-refractivity contribution is 0.431. The molecule has 2 N–H and O–H groups in total. The molecule has 0 bridgehead atoms. The van der Waals surface area contributed by atoms with Gasteiger partial charge in [0.25, 0.3) is 5.89 Å². The number of rotatable bonds is 2. The molecule has 0 amide bonds. The molecule has 0 radical (unpaired) electrons. The Bertz CT molecular complexity index is 802. The van der Waals surface area contributed by atoms with Gasteiger partial charge in [-0.05, 0) is 30.3 Å². The first kappa shape index (κ1) is 13.7. The van der Waals surface area contributed by atoms with E-state index in [0.29, 0.717) is 5.82 Å². The van der Waals surface area contributed by atoms with Gasteiger partial charge in [0, 0.05) is 21.8 Å². The fourth-order valence-electron chi connectivity index (χ4n) is 1.80. The van der Waals surface area contributed by atoms with Crippen LogP contribution in [0.2, 0.25) is 0 Å². The molecule has 0 atom stereocenters. The van der Waals surface area contributed by atoms with Crippen LogP contribution < -0.4 is 5.73 Å². The molecule has 4 nitrogen and oxygen atoms in total. The van der Waals surface area contributed by atoms with Crippen LogP contribution in [0.15, 0.2) is 45.4 Å². The van der Waals surface area contributed by atoms with Crippen molar-refractivity contribution in [2.45, 2.75) is 0 Å². The molecule has 0 unspecified atom stereocenters. The number of nitrogens with two attached hydrogens (primary N) is 1. The van der Waals surface area contributed by atoms with Gasteiger partial charge in [-0.3, -0.25) is 0 Å². The number of aromatic nitrogens is 2. The van der Waals surface area contributed by atoms with E-state index >= 15 is 0 Å². The highest BCUT2D eigenvalue weighted by Gasteiger charge is 2.16. The highest BCUT2D eigenvalue weighted by molar-refractivity contribution is 9.10. The number of nitrogens with zero attached hydrogens (tertiary/aromatic N) is 2. The van der Waals surface area contributed by atoms with Gasteiger partial charge >= 0.3 is 0 Å². The average Bonchev–Trinajstić information content (AvgIpc) is 2.93. The molecule has 0 saturated heterocycles. The molecule has 2 aromatic carbocycles. The topological polar surface area (TPSA) is 64.9 Å². The average molecular weight is 352 g/mol. The van der Waals surface area contributed by atoms with Crippen molar-refractivity contribution in [3.63, 3.8) is 0 Å². The van der Waals surface area contributed by atoms with Gasteiger partial charge in [-0.15, -0.1) is 0 Å². The van der Waals surface area contributed by atoms with E-state index in [1.165, 1.54) is 0 Å². The maximum absolute atomic E-state index is 13.3. The second kappa shape index (κ2) is 5.25. The minimum Gasteiger partial charge on any atom is -0.398 e. The normalized spacial score (nSPS) is 10.8. The molecule has 0 saturated carbocycles. The third-order valence-corrected chi connectivity index (χ3v) is 3.38. The summed E-state index contributed by atoms with van der Waals surface area (Å²) in [5.74, 6) is -1.68. The Balaban J connectivity index is 2.02. The summed E-state index contributed by atoms with van der Waals surface area (Å²) in [7, 11) is 0. The Labute approximate surface area is 126 Å². The molecule has 0 spiro atoms. The zero-order valence-corrected chi connectivity index (χ0v) is 12.1. The van der Waals surface area contributed by atoms with E-state index in [0.717, 1.165) is 22.2 Å². The quantitative estimate of drug-likeness (QED) is 0.708. The van der Waals surface area contributed by atoms with Crippen LogP contribution in [0, 0.1) is 11.6 Å². The Kier molecular flexibility index (Phi) is 3.42. The third-order valence-electron chi connectivity index (χ3n) is 2.85. The number of nitrogen functional groups attached to an aromatic ring is 1. The van der Waals surface area contributed by atoms with Crippen molar-refractivity contribution in [2.75, 3.05) is 5.73 Å². The van der Waals surface area contributed by atoms with Crippen molar-refractivity contribution in [3.8, 4) is 22.8 Å². The van der Waals surface area contributed by atoms with E-state index in [1.807, 2.05) is 12.1 Å². The Morgan fingerprint density at radius 3 is 2.43 bits per heavy atom. The smallest absolute Gasteiger partial charge is 0.260 e. The first-order valence-electron chi connectivity index (χ1n) is 5.89. The maximum Gasteiger partial charge on any atom is 0.260 e. The van der Waals surface area contributed by atoms with Gasteiger partial charge in [0.15, 0.2) is 11.6 Å². The summed E-state index contributed by atoms with van der Waals surface area (Å²) >= 11 is 3.33. The van der Waals surface area contributed by atoms with Crippen LogP contribution in [-0.2, 0) is 0 Å². The summed E-state index contributed by atoms with van der Waals surface area (Å²) in [6.45, 7) is 0. The van der Waals surface area contributed by atoms with E-state index in [-0.39, 0.29) is 17.1 Å². The fraction of sp³-hybridized carbons (Fsp3) is 0. The zero-order valence-electron chi connectivity index (χ0n) is 10.5. The van der Waals surface area contributed by atoms with Crippen LogP contribution in [0.5, 0.6) is 0 Å². The molecule has 0 aliphatic carbocycles. The SMILES string of the molecule is Nc1cc(F)c(F)cc1-c1nc(-c2ccc(Br)cc2)no1. The molecular formula is C14H8BrF2N3O. The first-order valence-corrected chi connectivity index (χ1v) is 6.68. The largest absolute Gasteiger partial charge is 0.398 e. The first-order chi connectivity index (χ1) is 10.0. The minimum atomic E-state index is -1.03. The molecule has 7 heteroatoms. The molecule has 21 heavy (non-hydrogen) atoms. The highest BCUT2D eigenvalue weighted by Crippen LogP contribution is 2.29. The van der Waals surface area contributed by atoms with Gasteiger partial charge in [0.05, 0.1) is 5.56 Å². The fourth-order valence-corrected chi connectivity index (χ4v) is 2.06. The number of hydrogen-bond donors (Lipinski definition) is 1. The summed E-state index contributed by atoms with van der Waals surface area (Å²) in [6, 6.07) is 9.08.